The molecule has 6 heteroatoms. The largest absolute Gasteiger partial charge is 0.478 e. The number of halogens is 1. The van der Waals surface area contributed by atoms with Gasteiger partial charge < -0.3 is 19.5 Å². The van der Waals surface area contributed by atoms with Crippen molar-refractivity contribution in [3.05, 3.63) is 35.7 Å². The number of hydrogen-bond acceptors (Lipinski definition) is 4. The van der Waals surface area contributed by atoms with Crippen molar-refractivity contribution in [3.8, 4) is 0 Å². The SMILES string of the molecule is COCCN(CCOC)c1ccc(C=CC(=O)O)cc1F. The van der Waals surface area contributed by atoms with Crippen LogP contribution in [0.3, 0.4) is 0 Å². The van der Waals surface area contributed by atoms with Crippen LogP contribution in [-0.4, -0.2) is 51.6 Å². The van der Waals surface area contributed by atoms with E-state index >= 15 is 0 Å². The van der Waals surface area contributed by atoms with E-state index in [9.17, 15) is 9.18 Å². The lowest BCUT2D eigenvalue weighted by Crippen LogP contribution is -2.31. The molecule has 0 fully saturated rings. The van der Waals surface area contributed by atoms with Crippen molar-refractivity contribution in [3.63, 3.8) is 0 Å². The summed E-state index contributed by atoms with van der Waals surface area (Å²) in [7, 11) is 3.18. The highest BCUT2D eigenvalue weighted by atomic mass is 19.1. The predicted octanol–water partition coefficient (Wildman–Crippen LogP) is 2.02. The van der Waals surface area contributed by atoms with Crippen molar-refractivity contribution in [2.24, 2.45) is 0 Å². The third kappa shape index (κ3) is 5.93. The summed E-state index contributed by atoms with van der Waals surface area (Å²) >= 11 is 0. The summed E-state index contributed by atoms with van der Waals surface area (Å²) < 4.78 is 24.2. The summed E-state index contributed by atoms with van der Waals surface area (Å²) in [4.78, 5) is 12.3. The quantitative estimate of drug-likeness (QED) is 0.707. The number of nitrogens with zero attached hydrogens (tertiary/aromatic N) is 1. The first-order valence-corrected chi connectivity index (χ1v) is 6.52. The van der Waals surface area contributed by atoms with Gasteiger partial charge in [0.25, 0.3) is 0 Å². The number of carbonyl (C=O) groups is 1. The molecular weight excluding hydrogens is 277 g/mol. The summed E-state index contributed by atoms with van der Waals surface area (Å²) in [5.41, 5.74) is 0.939. The Balaban J connectivity index is 2.89. The van der Waals surface area contributed by atoms with E-state index in [0.29, 0.717) is 37.6 Å². The highest BCUT2D eigenvalue weighted by Crippen LogP contribution is 2.21. The van der Waals surface area contributed by atoms with Crippen molar-refractivity contribution in [1.29, 1.82) is 0 Å². The number of benzene rings is 1. The van der Waals surface area contributed by atoms with E-state index < -0.39 is 11.8 Å². The molecule has 0 aliphatic heterocycles. The third-order valence-corrected chi connectivity index (χ3v) is 2.86. The van der Waals surface area contributed by atoms with Gasteiger partial charge in [-0.3, -0.25) is 0 Å². The second kappa shape index (κ2) is 9.10. The molecule has 0 bridgehead atoms. The molecule has 1 rings (SSSR count). The maximum atomic E-state index is 14.2. The summed E-state index contributed by atoms with van der Waals surface area (Å²) in [6.07, 6.45) is 2.33. The van der Waals surface area contributed by atoms with Gasteiger partial charge in [-0.15, -0.1) is 0 Å². The van der Waals surface area contributed by atoms with Crippen LogP contribution in [0.5, 0.6) is 0 Å². The fourth-order valence-electron chi connectivity index (χ4n) is 1.81. The molecule has 0 aliphatic rings. The highest BCUT2D eigenvalue weighted by Gasteiger charge is 2.11. The minimum Gasteiger partial charge on any atom is -0.478 e. The molecule has 0 unspecified atom stereocenters. The maximum Gasteiger partial charge on any atom is 0.328 e. The van der Waals surface area contributed by atoms with Crippen LogP contribution in [0, 0.1) is 5.82 Å². The molecule has 116 valence electrons. The predicted molar refractivity (Wildman–Crippen MR) is 79.0 cm³/mol. The van der Waals surface area contributed by atoms with Crippen molar-refractivity contribution in [1.82, 2.24) is 0 Å². The van der Waals surface area contributed by atoms with Crippen LogP contribution in [0.4, 0.5) is 10.1 Å². The molecular formula is C15H20FNO4. The van der Waals surface area contributed by atoms with Gasteiger partial charge in [0.15, 0.2) is 0 Å². The fraction of sp³-hybridized carbons (Fsp3) is 0.400. The summed E-state index contributed by atoms with van der Waals surface area (Å²) in [5.74, 6) is -1.48. The average Bonchev–Trinajstić information content (AvgIpc) is 2.46. The lowest BCUT2D eigenvalue weighted by molar-refractivity contribution is -0.131. The fourth-order valence-corrected chi connectivity index (χ4v) is 1.81. The van der Waals surface area contributed by atoms with Gasteiger partial charge in [-0.2, -0.15) is 0 Å². The maximum absolute atomic E-state index is 14.2. The van der Waals surface area contributed by atoms with Gasteiger partial charge in [-0.05, 0) is 23.8 Å². The first-order chi connectivity index (χ1) is 10.1. The summed E-state index contributed by atoms with van der Waals surface area (Å²) in [6, 6.07) is 4.61. The molecule has 0 aliphatic carbocycles. The molecule has 1 aromatic carbocycles. The van der Waals surface area contributed by atoms with Gasteiger partial charge >= 0.3 is 5.97 Å². The Morgan fingerprint density at radius 2 is 1.90 bits per heavy atom. The van der Waals surface area contributed by atoms with E-state index in [1.807, 2.05) is 4.90 Å². The third-order valence-electron chi connectivity index (χ3n) is 2.86. The number of carboxylic acid groups (broad SMARTS) is 1. The number of methoxy groups -OCH3 is 2. The van der Waals surface area contributed by atoms with Crippen LogP contribution in [0.15, 0.2) is 24.3 Å². The standard InChI is InChI=1S/C15H20FNO4/c1-20-9-7-17(8-10-21-2)14-5-3-12(11-13(14)16)4-6-15(18)19/h3-6,11H,7-10H2,1-2H3,(H,18,19). The Morgan fingerprint density at radius 3 is 2.38 bits per heavy atom. The molecule has 1 aromatic rings. The molecule has 0 aromatic heterocycles. The molecule has 0 saturated carbocycles. The first kappa shape index (κ1) is 17.1. The number of ether oxygens (including phenoxy) is 2. The monoisotopic (exact) mass is 297 g/mol. The van der Waals surface area contributed by atoms with Crippen molar-refractivity contribution in [2.75, 3.05) is 45.4 Å². The van der Waals surface area contributed by atoms with E-state index in [2.05, 4.69) is 0 Å². The van der Waals surface area contributed by atoms with Crippen LogP contribution in [-0.2, 0) is 14.3 Å². The average molecular weight is 297 g/mol. The van der Waals surface area contributed by atoms with Crippen LogP contribution in [0.25, 0.3) is 6.08 Å². The van der Waals surface area contributed by atoms with Crippen molar-refractivity contribution < 1.29 is 23.8 Å². The Labute approximate surface area is 123 Å². The molecule has 0 spiro atoms. The van der Waals surface area contributed by atoms with Gasteiger partial charge in [-0.25, -0.2) is 9.18 Å². The number of aliphatic carboxylic acids is 1. The Hall–Kier alpha value is -1.92. The minimum atomic E-state index is -1.07. The first-order valence-electron chi connectivity index (χ1n) is 6.52. The molecule has 0 heterocycles. The van der Waals surface area contributed by atoms with E-state index in [-0.39, 0.29) is 0 Å². The molecule has 0 atom stereocenters. The summed E-state index contributed by atoms with van der Waals surface area (Å²) in [5, 5.41) is 8.56. The van der Waals surface area contributed by atoms with Crippen molar-refractivity contribution >= 4 is 17.7 Å². The normalized spacial score (nSPS) is 11.0. The van der Waals surface area contributed by atoms with Gasteiger partial charge in [-0.1, -0.05) is 6.07 Å². The molecule has 21 heavy (non-hydrogen) atoms. The Morgan fingerprint density at radius 1 is 1.29 bits per heavy atom. The number of rotatable bonds is 9. The zero-order valence-corrected chi connectivity index (χ0v) is 12.2. The highest BCUT2D eigenvalue weighted by molar-refractivity contribution is 5.85. The van der Waals surface area contributed by atoms with Gasteiger partial charge in [0.2, 0.25) is 0 Å². The lowest BCUT2D eigenvalue weighted by Gasteiger charge is -2.24. The molecule has 1 N–H and O–H groups in total. The minimum absolute atomic E-state index is 0.408. The molecule has 0 amide bonds. The summed E-state index contributed by atoms with van der Waals surface area (Å²) in [6.45, 7) is 2.04. The number of carboxylic acids is 1. The zero-order valence-electron chi connectivity index (χ0n) is 12.2. The van der Waals surface area contributed by atoms with Crippen LogP contribution < -0.4 is 4.90 Å². The van der Waals surface area contributed by atoms with E-state index in [4.69, 9.17) is 14.6 Å². The number of hydrogen-bond donors (Lipinski definition) is 1. The van der Waals surface area contributed by atoms with Gasteiger partial charge in [0.1, 0.15) is 5.82 Å². The van der Waals surface area contributed by atoms with E-state index in [1.54, 1.807) is 26.4 Å². The van der Waals surface area contributed by atoms with E-state index in [1.165, 1.54) is 12.1 Å². The van der Waals surface area contributed by atoms with Crippen molar-refractivity contribution in [2.45, 2.75) is 0 Å². The van der Waals surface area contributed by atoms with E-state index in [0.717, 1.165) is 6.08 Å². The molecule has 0 radical (unpaired) electrons. The Bertz CT molecular complexity index is 483. The number of anilines is 1. The molecule has 0 saturated heterocycles. The lowest BCUT2D eigenvalue weighted by atomic mass is 10.1. The van der Waals surface area contributed by atoms with Crippen LogP contribution in [0.2, 0.25) is 0 Å². The smallest absolute Gasteiger partial charge is 0.328 e. The molecule has 5 nitrogen and oxygen atoms in total. The van der Waals surface area contributed by atoms with Crippen LogP contribution >= 0.6 is 0 Å². The second-order valence-corrected chi connectivity index (χ2v) is 4.36. The Kier molecular flexibility index (Phi) is 7.42. The van der Waals surface area contributed by atoms with Gasteiger partial charge in [0, 0.05) is 33.4 Å². The second-order valence-electron chi connectivity index (χ2n) is 4.36. The van der Waals surface area contributed by atoms with Crippen LogP contribution in [0.1, 0.15) is 5.56 Å². The zero-order chi connectivity index (χ0) is 15.7. The topological polar surface area (TPSA) is 59.0 Å². The van der Waals surface area contributed by atoms with Gasteiger partial charge in [0.05, 0.1) is 18.9 Å².